The summed E-state index contributed by atoms with van der Waals surface area (Å²) >= 11 is 0. The van der Waals surface area contributed by atoms with Crippen molar-refractivity contribution in [1.29, 1.82) is 0 Å². The van der Waals surface area contributed by atoms with Crippen molar-refractivity contribution in [2.45, 2.75) is 78.6 Å². The zero-order chi connectivity index (χ0) is 13.2. The second kappa shape index (κ2) is 5.75. The molecule has 1 heteroatoms. The molecule has 2 aliphatic carbocycles. The molecule has 0 spiro atoms. The Balaban J connectivity index is 2.06. The van der Waals surface area contributed by atoms with E-state index in [-0.39, 0.29) is 5.41 Å². The largest absolute Gasteiger partial charge is 0.299 e. The Labute approximate surface area is 113 Å². The molecule has 2 atom stereocenters. The standard InChI is InChI=1S/C17H30O/c1-13-10-11-15(16(18)12-13)17(2,3)14-8-6-4-5-7-9-14/h13-15H,4-12H2,1-3H3. The molecular weight excluding hydrogens is 220 g/mol. The number of hydrogen-bond donors (Lipinski definition) is 0. The molecule has 0 aliphatic heterocycles. The minimum atomic E-state index is 0.238. The first-order valence-corrected chi connectivity index (χ1v) is 8.04. The van der Waals surface area contributed by atoms with Crippen LogP contribution in [0.3, 0.4) is 0 Å². The van der Waals surface area contributed by atoms with E-state index in [4.69, 9.17) is 0 Å². The van der Waals surface area contributed by atoms with Gasteiger partial charge in [0.2, 0.25) is 0 Å². The zero-order valence-corrected chi connectivity index (χ0v) is 12.5. The first kappa shape index (κ1) is 14.1. The molecular formula is C17H30O. The van der Waals surface area contributed by atoms with E-state index in [1.54, 1.807) is 0 Å². The molecule has 0 N–H and O–H groups in total. The average Bonchev–Trinajstić information content (AvgIpc) is 2.57. The van der Waals surface area contributed by atoms with Gasteiger partial charge >= 0.3 is 0 Å². The minimum absolute atomic E-state index is 0.238. The van der Waals surface area contributed by atoms with Crippen LogP contribution in [0.15, 0.2) is 0 Å². The molecule has 0 aromatic carbocycles. The fourth-order valence-corrected chi connectivity index (χ4v) is 4.29. The van der Waals surface area contributed by atoms with Crippen molar-refractivity contribution in [2.75, 3.05) is 0 Å². The number of Topliss-reactive ketones (excluding diaryl/α,β-unsaturated/α-hetero) is 1. The van der Waals surface area contributed by atoms with Gasteiger partial charge in [-0.2, -0.15) is 0 Å². The predicted octanol–water partition coefficient (Wildman–Crippen LogP) is 4.99. The molecule has 0 radical (unpaired) electrons. The lowest BCUT2D eigenvalue weighted by Gasteiger charge is -2.43. The monoisotopic (exact) mass is 250 g/mol. The van der Waals surface area contributed by atoms with Crippen LogP contribution in [0.1, 0.15) is 78.6 Å². The number of hydrogen-bond acceptors (Lipinski definition) is 1. The van der Waals surface area contributed by atoms with E-state index in [1.807, 2.05) is 0 Å². The Morgan fingerprint density at radius 3 is 2.11 bits per heavy atom. The first-order valence-electron chi connectivity index (χ1n) is 8.04. The van der Waals surface area contributed by atoms with E-state index in [9.17, 15) is 4.79 Å². The maximum Gasteiger partial charge on any atom is 0.136 e. The van der Waals surface area contributed by atoms with Crippen molar-refractivity contribution in [2.24, 2.45) is 23.2 Å². The molecule has 0 amide bonds. The summed E-state index contributed by atoms with van der Waals surface area (Å²) in [4.78, 5) is 12.4. The molecule has 2 aliphatic rings. The molecule has 1 nitrogen and oxygen atoms in total. The zero-order valence-electron chi connectivity index (χ0n) is 12.5. The van der Waals surface area contributed by atoms with Crippen molar-refractivity contribution in [3.63, 3.8) is 0 Å². The Morgan fingerprint density at radius 2 is 1.56 bits per heavy atom. The van der Waals surface area contributed by atoms with Gasteiger partial charge < -0.3 is 0 Å². The lowest BCUT2D eigenvalue weighted by molar-refractivity contribution is -0.131. The van der Waals surface area contributed by atoms with Crippen LogP contribution in [0.2, 0.25) is 0 Å². The molecule has 0 saturated heterocycles. The number of carbonyl (C=O) groups is 1. The van der Waals surface area contributed by atoms with Gasteiger partial charge in [0.25, 0.3) is 0 Å². The molecule has 2 fully saturated rings. The van der Waals surface area contributed by atoms with E-state index in [2.05, 4.69) is 20.8 Å². The van der Waals surface area contributed by atoms with Gasteiger partial charge in [-0.05, 0) is 42.9 Å². The lowest BCUT2D eigenvalue weighted by atomic mass is 9.61. The third kappa shape index (κ3) is 2.97. The summed E-state index contributed by atoms with van der Waals surface area (Å²) in [5.41, 5.74) is 0.238. The predicted molar refractivity (Wildman–Crippen MR) is 76.5 cm³/mol. The highest BCUT2D eigenvalue weighted by molar-refractivity contribution is 5.82. The Morgan fingerprint density at radius 1 is 0.944 bits per heavy atom. The molecule has 0 heterocycles. The van der Waals surface area contributed by atoms with E-state index in [0.717, 1.165) is 18.8 Å². The molecule has 0 aromatic heterocycles. The lowest BCUT2D eigenvalue weighted by Crippen LogP contribution is -2.40. The van der Waals surface area contributed by atoms with E-state index >= 15 is 0 Å². The van der Waals surface area contributed by atoms with Gasteiger partial charge in [0.05, 0.1) is 0 Å². The van der Waals surface area contributed by atoms with Crippen LogP contribution in [0, 0.1) is 23.2 Å². The summed E-state index contributed by atoms with van der Waals surface area (Å²) in [6.07, 6.45) is 11.5. The fraction of sp³-hybridized carbons (Fsp3) is 0.941. The van der Waals surface area contributed by atoms with Crippen LogP contribution in [0.5, 0.6) is 0 Å². The minimum Gasteiger partial charge on any atom is -0.299 e. The number of carbonyl (C=O) groups excluding carboxylic acids is 1. The van der Waals surface area contributed by atoms with Gasteiger partial charge in [-0.15, -0.1) is 0 Å². The molecule has 2 rings (SSSR count). The van der Waals surface area contributed by atoms with Gasteiger partial charge in [-0.25, -0.2) is 0 Å². The van der Waals surface area contributed by atoms with E-state index in [0.29, 0.717) is 17.6 Å². The fourth-order valence-electron chi connectivity index (χ4n) is 4.29. The topological polar surface area (TPSA) is 17.1 Å². The number of ketones is 1. The molecule has 104 valence electrons. The van der Waals surface area contributed by atoms with Crippen molar-refractivity contribution in [3.05, 3.63) is 0 Å². The Bertz CT molecular complexity index is 284. The van der Waals surface area contributed by atoms with Crippen LogP contribution in [0.4, 0.5) is 0 Å². The highest BCUT2D eigenvalue weighted by Gasteiger charge is 2.42. The SMILES string of the molecule is CC1CCC(C(C)(C)C2CCCCCC2)C(=O)C1. The van der Waals surface area contributed by atoms with Crippen LogP contribution in [-0.4, -0.2) is 5.78 Å². The first-order chi connectivity index (χ1) is 8.51. The van der Waals surface area contributed by atoms with E-state index < -0.39 is 0 Å². The summed E-state index contributed by atoms with van der Waals surface area (Å²) in [6, 6.07) is 0. The molecule has 0 bridgehead atoms. The number of rotatable bonds is 2. The van der Waals surface area contributed by atoms with Crippen LogP contribution < -0.4 is 0 Å². The quantitative estimate of drug-likeness (QED) is 0.631. The second-order valence-electron chi connectivity index (χ2n) is 7.42. The summed E-state index contributed by atoms with van der Waals surface area (Å²) in [6.45, 7) is 6.98. The van der Waals surface area contributed by atoms with Gasteiger partial charge in [-0.1, -0.05) is 46.5 Å². The maximum absolute atomic E-state index is 12.4. The smallest absolute Gasteiger partial charge is 0.136 e. The normalized spacial score (nSPS) is 32.3. The summed E-state index contributed by atoms with van der Waals surface area (Å²) < 4.78 is 0. The average molecular weight is 250 g/mol. The Kier molecular flexibility index (Phi) is 4.50. The highest BCUT2D eigenvalue weighted by Crippen LogP contribution is 2.47. The van der Waals surface area contributed by atoms with E-state index in [1.165, 1.54) is 44.9 Å². The Hall–Kier alpha value is -0.330. The molecule has 2 saturated carbocycles. The third-order valence-electron chi connectivity index (χ3n) is 5.69. The third-order valence-corrected chi connectivity index (χ3v) is 5.69. The van der Waals surface area contributed by atoms with Crippen molar-refractivity contribution in [3.8, 4) is 0 Å². The van der Waals surface area contributed by atoms with Crippen molar-refractivity contribution < 1.29 is 4.79 Å². The molecule has 18 heavy (non-hydrogen) atoms. The van der Waals surface area contributed by atoms with Crippen molar-refractivity contribution >= 4 is 5.78 Å². The van der Waals surface area contributed by atoms with Crippen LogP contribution >= 0.6 is 0 Å². The second-order valence-corrected chi connectivity index (χ2v) is 7.42. The van der Waals surface area contributed by atoms with Gasteiger partial charge in [-0.3, -0.25) is 4.79 Å². The summed E-state index contributed by atoms with van der Waals surface area (Å²) in [7, 11) is 0. The maximum atomic E-state index is 12.4. The molecule has 0 aromatic rings. The van der Waals surface area contributed by atoms with Crippen molar-refractivity contribution in [1.82, 2.24) is 0 Å². The van der Waals surface area contributed by atoms with Gasteiger partial charge in [0.15, 0.2) is 0 Å². The van der Waals surface area contributed by atoms with Crippen LogP contribution in [-0.2, 0) is 4.79 Å². The van der Waals surface area contributed by atoms with Gasteiger partial charge in [0, 0.05) is 12.3 Å². The summed E-state index contributed by atoms with van der Waals surface area (Å²) in [5.74, 6) is 2.31. The van der Waals surface area contributed by atoms with Gasteiger partial charge in [0.1, 0.15) is 5.78 Å². The molecule has 2 unspecified atom stereocenters. The highest BCUT2D eigenvalue weighted by atomic mass is 16.1. The van der Waals surface area contributed by atoms with Crippen LogP contribution in [0.25, 0.3) is 0 Å². The summed E-state index contributed by atoms with van der Waals surface area (Å²) in [5, 5.41) is 0.